The third-order valence-electron chi connectivity index (χ3n) is 3.24. The Balaban J connectivity index is 1.91. The number of likely N-dealkylation sites (tertiary alicyclic amines) is 1. The molecule has 0 N–H and O–H groups in total. The molecule has 0 aromatic rings. The van der Waals surface area contributed by atoms with Crippen LogP contribution in [0.4, 0.5) is 0 Å². The summed E-state index contributed by atoms with van der Waals surface area (Å²) in [6.45, 7) is 2.08. The molecule has 0 bridgehead atoms. The van der Waals surface area contributed by atoms with Crippen molar-refractivity contribution in [2.45, 2.75) is 12.8 Å². The molecule has 0 saturated carbocycles. The van der Waals surface area contributed by atoms with E-state index in [-0.39, 0.29) is 12.5 Å². The molecule has 1 aliphatic heterocycles. The van der Waals surface area contributed by atoms with Gasteiger partial charge in [-0.1, -0.05) is 12.2 Å². The van der Waals surface area contributed by atoms with Crippen LogP contribution in [-0.4, -0.2) is 37.6 Å². The molecule has 0 aromatic heterocycles. The summed E-state index contributed by atoms with van der Waals surface area (Å²) >= 11 is 0. The minimum atomic E-state index is 0.141. The first-order valence-electron chi connectivity index (χ1n) is 5.23. The lowest BCUT2D eigenvalue weighted by atomic mass is 9.86. The second-order valence-electron chi connectivity index (χ2n) is 4.19. The third kappa shape index (κ3) is 1.82. The third-order valence-corrected chi connectivity index (χ3v) is 3.24. The van der Waals surface area contributed by atoms with Gasteiger partial charge in [-0.25, -0.2) is 0 Å². The van der Waals surface area contributed by atoms with E-state index in [9.17, 15) is 4.79 Å². The predicted octanol–water partition coefficient (Wildman–Crippen LogP) is 1.06. The molecule has 1 amide bonds. The number of amides is 1. The summed E-state index contributed by atoms with van der Waals surface area (Å²) in [6, 6.07) is 0. The number of hydrogen-bond donors (Lipinski definition) is 0. The van der Waals surface area contributed by atoms with Crippen LogP contribution in [0.15, 0.2) is 12.2 Å². The molecule has 1 saturated heterocycles. The zero-order chi connectivity index (χ0) is 9.97. The number of ether oxygens (including phenoxy) is 1. The molecule has 2 aliphatic rings. The highest BCUT2D eigenvalue weighted by Crippen LogP contribution is 2.32. The topological polar surface area (TPSA) is 29.5 Å². The molecule has 0 spiro atoms. The van der Waals surface area contributed by atoms with Gasteiger partial charge >= 0.3 is 0 Å². The summed E-state index contributed by atoms with van der Waals surface area (Å²) in [5.41, 5.74) is 0. The summed E-state index contributed by atoms with van der Waals surface area (Å²) in [4.78, 5) is 13.5. The highest BCUT2D eigenvalue weighted by Gasteiger charge is 2.34. The van der Waals surface area contributed by atoms with Crippen molar-refractivity contribution in [2.24, 2.45) is 11.8 Å². The predicted molar refractivity (Wildman–Crippen MR) is 53.8 cm³/mol. The monoisotopic (exact) mass is 195 g/mol. The zero-order valence-electron chi connectivity index (χ0n) is 8.61. The van der Waals surface area contributed by atoms with Crippen molar-refractivity contribution in [3.63, 3.8) is 0 Å². The van der Waals surface area contributed by atoms with Crippen LogP contribution in [0.2, 0.25) is 0 Å². The summed E-state index contributed by atoms with van der Waals surface area (Å²) < 4.78 is 4.86. The smallest absolute Gasteiger partial charge is 0.248 e. The van der Waals surface area contributed by atoms with Crippen LogP contribution < -0.4 is 0 Å². The highest BCUT2D eigenvalue weighted by atomic mass is 16.5. The van der Waals surface area contributed by atoms with Crippen molar-refractivity contribution >= 4 is 5.91 Å². The second kappa shape index (κ2) is 4.13. The van der Waals surface area contributed by atoms with Gasteiger partial charge in [0.25, 0.3) is 0 Å². The van der Waals surface area contributed by atoms with Crippen LogP contribution in [0.1, 0.15) is 12.8 Å². The maximum absolute atomic E-state index is 11.6. The zero-order valence-corrected chi connectivity index (χ0v) is 8.61. The van der Waals surface area contributed by atoms with Crippen molar-refractivity contribution in [3.05, 3.63) is 12.2 Å². The highest BCUT2D eigenvalue weighted by molar-refractivity contribution is 5.77. The van der Waals surface area contributed by atoms with Gasteiger partial charge in [-0.15, -0.1) is 0 Å². The maximum Gasteiger partial charge on any atom is 0.248 e. The average Bonchev–Trinajstić information content (AvgIpc) is 2.61. The molecule has 14 heavy (non-hydrogen) atoms. The SMILES string of the molecule is COCC(=O)N1CC2CC=CCC2C1. The number of carbonyl (C=O) groups excluding carboxylic acids is 1. The Morgan fingerprint density at radius 2 is 1.93 bits per heavy atom. The Hall–Kier alpha value is -0.830. The van der Waals surface area contributed by atoms with Crippen molar-refractivity contribution in [3.8, 4) is 0 Å². The molecule has 3 heteroatoms. The molecule has 0 aromatic carbocycles. The molecule has 1 aliphatic carbocycles. The summed E-state index contributed by atoms with van der Waals surface area (Å²) in [7, 11) is 1.57. The number of rotatable bonds is 2. The number of nitrogens with zero attached hydrogens (tertiary/aromatic N) is 1. The Morgan fingerprint density at radius 1 is 1.36 bits per heavy atom. The first kappa shape index (κ1) is 9.71. The van der Waals surface area contributed by atoms with Gasteiger partial charge in [-0.3, -0.25) is 4.79 Å². The van der Waals surface area contributed by atoms with Gasteiger partial charge in [0, 0.05) is 20.2 Å². The summed E-state index contributed by atoms with van der Waals surface area (Å²) in [6.07, 6.45) is 6.76. The van der Waals surface area contributed by atoms with Crippen LogP contribution in [0.3, 0.4) is 0 Å². The first-order valence-corrected chi connectivity index (χ1v) is 5.23. The normalized spacial score (nSPS) is 30.5. The van der Waals surface area contributed by atoms with Crippen LogP contribution in [0.5, 0.6) is 0 Å². The molecule has 78 valence electrons. The molecule has 3 nitrogen and oxygen atoms in total. The quantitative estimate of drug-likeness (QED) is 0.616. The van der Waals surface area contributed by atoms with Crippen molar-refractivity contribution in [1.82, 2.24) is 4.90 Å². The lowest BCUT2D eigenvalue weighted by Gasteiger charge is -2.17. The molecular weight excluding hydrogens is 178 g/mol. The molecule has 2 rings (SSSR count). The van der Waals surface area contributed by atoms with Gasteiger partial charge < -0.3 is 9.64 Å². The van der Waals surface area contributed by atoms with Gasteiger partial charge in [-0.2, -0.15) is 0 Å². The van der Waals surface area contributed by atoms with E-state index < -0.39 is 0 Å². The summed E-state index contributed by atoms with van der Waals surface area (Å²) in [5.74, 6) is 1.53. The van der Waals surface area contributed by atoms with Crippen LogP contribution in [-0.2, 0) is 9.53 Å². The molecule has 1 heterocycles. The van der Waals surface area contributed by atoms with Gasteiger partial charge in [0.15, 0.2) is 0 Å². The Morgan fingerprint density at radius 3 is 2.43 bits per heavy atom. The maximum atomic E-state index is 11.6. The molecule has 0 radical (unpaired) electrons. The van der Waals surface area contributed by atoms with E-state index in [1.807, 2.05) is 4.90 Å². The van der Waals surface area contributed by atoms with E-state index in [0.29, 0.717) is 11.8 Å². The number of fused-ring (bicyclic) bond motifs is 1. The Labute approximate surface area is 84.7 Å². The van der Waals surface area contributed by atoms with Gasteiger partial charge in [0.1, 0.15) is 6.61 Å². The van der Waals surface area contributed by atoms with E-state index >= 15 is 0 Å². The number of carbonyl (C=O) groups is 1. The number of hydrogen-bond acceptors (Lipinski definition) is 2. The van der Waals surface area contributed by atoms with E-state index in [0.717, 1.165) is 25.9 Å². The van der Waals surface area contributed by atoms with E-state index in [2.05, 4.69) is 12.2 Å². The van der Waals surface area contributed by atoms with Crippen LogP contribution in [0, 0.1) is 11.8 Å². The summed E-state index contributed by atoms with van der Waals surface area (Å²) in [5, 5.41) is 0. The van der Waals surface area contributed by atoms with E-state index in [4.69, 9.17) is 4.74 Å². The first-order chi connectivity index (χ1) is 6.81. The lowest BCUT2D eigenvalue weighted by molar-refractivity contribution is -0.134. The molecule has 2 atom stereocenters. The molecule has 2 unspecified atom stereocenters. The lowest BCUT2D eigenvalue weighted by Crippen LogP contribution is -2.31. The van der Waals surface area contributed by atoms with Crippen LogP contribution >= 0.6 is 0 Å². The van der Waals surface area contributed by atoms with Crippen LogP contribution in [0.25, 0.3) is 0 Å². The van der Waals surface area contributed by atoms with Crippen molar-refractivity contribution in [2.75, 3.05) is 26.8 Å². The van der Waals surface area contributed by atoms with E-state index in [1.165, 1.54) is 0 Å². The number of allylic oxidation sites excluding steroid dienone is 2. The standard InChI is InChI=1S/C11H17NO2/c1-14-8-11(13)12-6-9-4-2-3-5-10(9)7-12/h2-3,9-10H,4-8H2,1H3. The largest absolute Gasteiger partial charge is 0.375 e. The minimum absolute atomic E-state index is 0.141. The van der Waals surface area contributed by atoms with Crippen molar-refractivity contribution in [1.29, 1.82) is 0 Å². The van der Waals surface area contributed by atoms with E-state index in [1.54, 1.807) is 7.11 Å². The molecule has 1 fully saturated rings. The Kier molecular flexibility index (Phi) is 2.87. The van der Waals surface area contributed by atoms with Gasteiger partial charge in [-0.05, 0) is 24.7 Å². The fourth-order valence-electron chi connectivity index (χ4n) is 2.43. The fraction of sp³-hybridized carbons (Fsp3) is 0.727. The number of methoxy groups -OCH3 is 1. The van der Waals surface area contributed by atoms with Gasteiger partial charge in [0.05, 0.1) is 0 Å². The average molecular weight is 195 g/mol. The second-order valence-corrected chi connectivity index (χ2v) is 4.19. The fourth-order valence-corrected chi connectivity index (χ4v) is 2.43. The minimum Gasteiger partial charge on any atom is -0.375 e. The van der Waals surface area contributed by atoms with Crippen molar-refractivity contribution < 1.29 is 9.53 Å². The van der Waals surface area contributed by atoms with Gasteiger partial charge in [0.2, 0.25) is 5.91 Å². The molecular formula is C11H17NO2. The Bertz CT molecular complexity index is 234.